The first-order valence-electron chi connectivity index (χ1n) is 7.69. The number of nitrogens with zero attached hydrogens (tertiary/aromatic N) is 3. The lowest BCUT2D eigenvalue weighted by Gasteiger charge is -2.23. The highest BCUT2D eigenvalue weighted by atomic mass is 16.4. The van der Waals surface area contributed by atoms with Crippen LogP contribution in [0.5, 0.6) is 0 Å². The molecule has 0 unspecified atom stereocenters. The molecule has 1 aliphatic carbocycles. The Morgan fingerprint density at radius 3 is 2.50 bits per heavy atom. The number of carboxylic acids is 1. The van der Waals surface area contributed by atoms with E-state index in [4.69, 9.17) is 0 Å². The number of amides is 1. The van der Waals surface area contributed by atoms with E-state index in [0.717, 1.165) is 24.2 Å². The van der Waals surface area contributed by atoms with E-state index >= 15 is 0 Å². The van der Waals surface area contributed by atoms with Crippen molar-refractivity contribution in [1.29, 1.82) is 0 Å². The molecule has 2 aliphatic rings. The van der Waals surface area contributed by atoms with E-state index in [1.54, 1.807) is 11.8 Å². The van der Waals surface area contributed by atoms with E-state index in [2.05, 4.69) is 9.97 Å². The fourth-order valence-corrected chi connectivity index (χ4v) is 3.86. The van der Waals surface area contributed by atoms with Gasteiger partial charge in [0.05, 0.1) is 22.5 Å². The molecule has 0 bridgehead atoms. The van der Waals surface area contributed by atoms with E-state index in [1.165, 1.54) is 0 Å². The largest absolute Gasteiger partial charge is 0.481 e. The lowest BCUT2D eigenvalue weighted by molar-refractivity contribution is -0.149. The van der Waals surface area contributed by atoms with Gasteiger partial charge in [0.25, 0.3) is 5.91 Å². The average molecular weight is 303 g/mol. The number of rotatable bonds is 2. The molecule has 1 aliphatic heterocycles. The summed E-state index contributed by atoms with van der Waals surface area (Å²) in [4.78, 5) is 34.9. The Kier molecular flexibility index (Phi) is 3.42. The molecule has 0 radical (unpaired) electrons. The zero-order chi connectivity index (χ0) is 16.1. The highest BCUT2D eigenvalue weighted by Crippen LogP contribution is 2.49. The number of fused-ring (bicyclic) bond motifs is 1. The highest BCUT2D eigenvalue weighted by Gasteiger charge is 2.56. The first kappa shape index (κ1) is 14.9. The number of aliphatic carboxylic acids is 1. The van der Waals surface area contributed by atoms with Gasteiger partial charge in [0.15, 0.2) is 0 Å². The van der Waals surface area contributed by atoms with Crippen molar-refractivity contribution >= 4 is 11.9 Å². The summed E-state index contributed by atoms with van der Waals surface area (Å²) in [7, 11) is 0. The summed E-state index contributed by atoms with van der Waals surface area (Å²) in [6.07, 6.45) is 2.48. The van der Waals surface area contributed by atoms with Crippen molar-refractivity contribution in [2.75, 3.05) is 13.1 Å². The zero-order valence-corrected chi connectivity index (χ0v) is 13.2. The molecule has 1 aromatic heterocycles. The normalized spacial score (nSPS) is 27.0. The Labute approximate surface area is 129 Å². The van der Waals surface area contributed by atoms with Crippen LogP contribution in [-0.4, -0.2) is 44.9 Å². The first-order valence-corrected chi connectivity index (χ1v) is 7.69. The van der Waals surface area contributed by atoms with Gasteiger partial charge in [-0.15, -0.1) is 0 Å². The van der Waals surface area contributed by atoms with Crippen LogP contribution in [0.2, 0.25) is 0 Å². The third-order valence-electron chi connectivity index (χ3n) is 5.27. The van der Waals surface area contributed by atoms with Gasteiger partial charge in [-0.25, -0.2) is 4.98 Å². The SMILES string of the molecule is Cc1nc(C)c(C(=O)N2C[C@@H]3CCC[C@@]3(C(=O)O)C2)nc1C. The Morgan fingerprint density at radius 2 is 1.86 bits per heavy atom. The van der Waals surface area contributed by atoms with Gasteiger partial charge in [0.2, 0.25) is 0 Å². The van der Waals surface area contributed by atoms with E-state index in [0.29, 0.717) is 30.9 Å². The topological polar surface area (TPSA) is 83.4 Å². The third kappa shape index (κ3) is 2.09. The van der Waals surface area contributed by atoms with Crippen LogP contribution < -0.4 is 0 Å². The predicted molar refractivity (Wildman–Crippen MR) is 79.6 cm³/mol. The van der Waals surface area contributed by atoms with Crippen molar-refractivity contribution in [3.63, 3.8) is 0 Å². The smallest absolute Gasteiger partial charge is 0.311 e. The minimum absolute atomic E-state index is 0.0637. The van der Waals surface area contributed by atoms with Crippen molar-refractivity contribution in [2.24, 2.45) is 11.3 Å². The maximum Gasteiger partial charge on any atom is 0.311 e. The van der Waals surface area contributed by atoms with Crippen LogP contribution in [0, 0.1) is 32.1 Å². The molecule has 0 spiro atoms. The molecular weight excluding hydrogens is 282 g/mol. The van der Waals surface area contributed by atoms with Gasteiger partial charge in [-0.05, 0) is 39.5 Å². The zero-order valence-electron chi connectivity index (χ0n) is 13.2. The van der Waals surface area contributed by atoms with Crippen molar-refractivity contribution in [1.82, 2.24) is 14.9 Å². The number of likely N-dealkylation sites (tertiary alicyclic amines) is 1. The van der Waals surface area contributed by atoms with Crippen LogP contribution in [0.3, 0.4) is 0 Å². The molecule has 1 aromatic rings. The van der Waals surface area contributed by atoms with Gasteiger partial charge >= 0.3 is 5.97 Å². The second kappa shape index (κ2) is 5.04. The number of aromatic nitrogens is 2. The molecule has 1 saturated carbocycles. The molecule has 2 heterocycles. The van der Waals surface area contributed by atoms with Crippen LogP contribution >= 0.6 is 0 Å². The molecule has 6 nitrogen and oxygen atoms in total. The molecule has 2 fully saturated rings. The predicted octanol–water partition coefficient (Wildman–Crippen LogP) is 1.73. The summed E-state index contributed by atoms with van der Waals surface area (Å²) < 4.78 is 0. The monoisotopic (exact) mass is 303 g/mol. The maximum atomic E-state index is 12.8. The summed E-state index contributed by atoms with van der Waals surface area (Å²) in [6.45, 7) is 6.27. The quantitative estimate of drug-likeness (QED) is 0.899. The van der Waals surface area contributed by atoms with Crippen LogP contribution in [0.15, 0.2) is 0 Å². The highest BCUT2D eigenvalue weighted by molar-refractivity contribution is 5.94. The fraction of sp³-hybridized carbons (Fsp3) is 0.625. The summed E-state index contributed by atoms with van der Waals surface area (Å²) in [5.74, 6) is -0.898. The third-order valence-corrected chi connectivity index (χ3v) is 5.27. The van der Waals surface area contributed by atoms with Gasteiger partial charge in [-0.1, -0.05) is 6.42 Å². The molecule has 1 saturated heterocycles. The number of hydrogen-bond donors (Lipinski definition) is 1. The van der Waals surface area contributed by atoms with E-state index < -0.39 is 11.4 Å². The molecule has 1 N–H and O–H groups in total. The minimum Gasteiger partial charge on any atom is -0.481 e. The number of carbonyl (C=O) groups excluding carboxylic acids is 1. The lowest BCUT2D eigenvalue weighted by atomic mass is 9.81. The van der Waals surface area contributed by atoms with Gasteiger partial charge in [0, 0.05) is 13.1 Å². The Balaban J connectivity index is 1.89. The summed E-state index contributed by atoms with van der Waals surface area (Å²) >= 11 is 0. The van der Waals surface area contributed by atoms with E-state index in [-0.39, 0.29) is 11.8 Å². The van der Waals surface area contributed by atoms with Crippen LogP contribution in [0.4, 0.5) is 0 Å². The molecule has 0 aromatic carbocycles. The maximum absolute atomic E-state index is 12.8. The molecule has 1 amide bonds. The van der Waals surface area contributed by atoms with Crippen molar-refractivity contribution in [2.45, 2.75) is 40.0 Å². The van der Waals surface area contributed by atoms with Gasteiger partial charge in [0.1, 0.15) is 5.69 Å². The van der Waals surface area contributed by atoms with E-state index in [9.17, 15) is 14.7 Å². The lowest BCUT2D eigenvalue weighted by Crippen LogP contribution is -2.37. The van der Waals surface area contributed by atoms with Crippen molar-refractivity contribution in [3.05, 3.63) is 22.8 Å². The van der Waals surface area contributed by atoms with Gasteiger partial charge in [-0.3, -0.25) is 14.6 Å². The summed E-state index contributed by atoms with van der Waals surface area (Å²) in [5.41, 5.74) is 1.75. The number of carbonyl (C=O) groups is 2. The van der Waals surface area contributed by atoms with Crippen LogP contribution in [-0.2, 0) is 4.79 Å². The molecular formula is C16H21N3O3. The summed E-state index contributed by atoms with van der Waals surface area (Å²) in [6, 6.07) is 0. The van der Waals surface area contributed by atoms with E-state index in [1.807, 2.05) is 13.8 Å². The van der Waals surface area contributed by atoms with Crippen molar-refractivity contribution in [3.8, 4) is 0 Å². The standard InChI is InChI=1S/C16H21N3O3/c1-9-10(2)18-13(11(3)17-9)14(20)19-7-12-5-4-6-16(12,8-19)15(21)22/h12H,4-8H2,1-3H3,(H,21,22)/t12-,16+/m0/s1. The number of carboxylic acid groups (broad SMARTS) is 1. The number of hydrogen-bond acceptors (Lipinski definition) is 4. The van der Waals surface area contributed by atoms with Crippen LogP contribution in [0.25, 0.3) is 0 Å². The fourth-order valence-electron chi connectivity index (χ4n) is 3.86. The van der Waals surface area contributed by atoms with Crippen LogP contribution in [0.1, 0.15) is 46.8 Å². The average Bonchev–Trinajstić information content (AvgIpc) is 2.99. The first-order chi connectivity index (χ1) is 10.3. The Hall–Kier alpha value is -1.98. The number of aryl methyl sites for hydroxylation is 3. The minimum atomic E-state index is -0.770. The Bertz CT molecular complexity index is 658. The Morgan fingerprint density at radius 1 is 1.18 bits per heavy atom. The molecule has 6 heteroatoms. The second-order valence-corrected chi connectivity index (χ2v) is 6.56. The molecule has 118 valence electrons. The molecule has 22 heavy (non-hydrogen) atoms. The van der Waals surface area contributed by atoms with Crippen molar-refractivity contribution < 1.29 is 14.7 Å². The van der Waals surface area contributed by atoms with Gasteiger partial charge < -0.3 is 10.0 Å². The molecule has 3 rings (SSSR count). The van der Waals surface area contributed by atoms with Gasteiger partial charge in [-0.2, -0.15) is 0 Å². The summed E-state index contributed by atoms with van der Waals surface area (Å²) in [5, 5.41) is 9.61. The molecule has 2 atom stereocenters. The second-order valence-electron chi connectivity index (χ2n) is 6.56.